The van der Waals surface area contributed by atoms with Crippen LogP contribution in [0.1, 0.15) is 12.7 Å². The van der Waals surface area contributed by atoms with Crippen molar-refractivity contribution in [2.45, 2.75) is 24.0 Å². The van der Waals surface area contributed by atoms with Crippen molar-refractivity contribution in [2.75, 3.05) is 12.4 Å². The van der Waals surface area contributed by atoms with Crippen molar-refractivity contribution < 1.29 is 8.78 Å². The third-order valence-electron chi connectivity index (χ3n) is 2.72. The second-order valence-corrected chi connectivity index (χ2v) is 5.12. The molecule has 3 nitrogen and oxygen atoms in total. The fourth-order valence-corrected chi connectivity index (χ4v) is 2.24. The Bertz CT molecular complexity index is 551. The lowest BCUT2D eigenvalue weighted by Gasteiger charge is -2.07. The molecule has 106 valence electrons. The summed E-state index contributed by atoms with van der Waals surface area (Å²) in [6.07, 6.45) is 0.738. The molecule has 1 N–H and O–H groups in total. The van der Waals surface area contributed by atoms with Gasteiger partial charge in [-0.05, 0) is 12.1 Å². The van der Waals surface area contributed by atoms with E-state index in [2.05, 4.69) is 15.3 Å². The second-order valence-electron chi connectivity index (χ2n) is 4.06. The van der Waals surface area contributed by atoms with Crippen molar-refractivity contribution in [3.05, 3.63) is 36.2 Å². The number of alkyl halides is 2. The lowest BCUT2D eigenvalue weighted by Crippen LogP contribution is -2.00. The van der Waals surface area contributed by atoms with Crippen molar-refractivity contribution in [1.82, 2.24) is 9.97 Å². The summed E-state index contributed by atoms with van der Waals surface area (Å²) in [4.78, 5) is 9.33. The molecule has 0 saturated carbocycles. The van der Waals surface area contributed by atoms with Gasteiger partial charge in [0.05, 0.1) is 5.69 Å². The minimum absolute atomic E-state index is 0.539. The first-order chi connectivity index (χ1) is 9.62. The van der Waals surface area contributed by atoms with Crippen LogP contribution in [0.2, 0.25) is 0 Å². The van der Waals surface area contributed by atoms with Crippen molar-refractivity contribution in [3.8, 4) is 11.3 Å². The molecule has 0 aliphatic carbocycles. The first-order valence-corrected chi connectivity index (χ1v) is 7.11. The molecule has 2 aromatic rings. The minimum atomic E-state index is -2.40. The number of aryl methyl sites for hydroxylation is 1. The standard InChI is InChI=1S/C14H15F2N3S/c1-3-12-18-11(8-13(17-2)19-12)9-4-6-10(7-5-9)20-14(15)16/h4-8,14H,3H2,1-2H3,(H,17,18,19). The Labute approximate surface area is 120 Å². The second kappa shape index (κ2) is 6.65. The topological polar surface area (TPSA) is 37.8 Å². The third kappa shape index (κ3) is 3.66. The molecule has 0 aliphatic rings. The van der Waals surface area contributed by atoms with Crippen LogP contribution >= 0.6 is 11.8 Å². The van der Waals surface area contributed by atoms with Gasteiger partial charge in [-0.25, -0.2) is 9.97 Å². The van der Waals surface area contributed by atoms with E-state index < -0.39 is 5.76 Å². The van der Waals surface area contributed by atoms with Crippen molar-refractivity contribution in [2.24, 2.45) is 0 Å². The molecule has 1 aromatic carbocycles. The predicted molar refractivity (Wildman–Crippen MR) is 78.3 cm³/mol. The van der Waals surface area contributed by atoms with E-state index in [0.717, 1.165) is 29.3 Å². The van der Waals surface area contributed by atoms with Crippen LogP contribution in [-0.2, 0) is 6.42 Å². The van der Waals surface area contributed by atoms with Crippen LogP contribution in [0.3, 0.4) is 0 Å². The maximum atomic E-state index is 12.3. The summed E-state index contributed by atoms with van der Waals surface area (Å²) in [5.41, 5.74) is 1.67. The van der Waals surface area contributed by atoms with Gasteiger partial charge in [0.1, 0.15) is 11.6 Å². The Balaban J connectivity index is 2.31. The van der Waals surface area contributed by atoms with E-state index in [9.17, 15) is 8.78 Å². The minimum Gasteiger partial charge on any atom is -0.373 e. The molecule has 20 heavy (non-hydrogen) atoms. The molecule has 2 rings (SSSR count). The highest BCUT2D eigenvalue weighted by Gasteiger charge is 2.08. The molecule has 0 atom stereocenters. The molecule has 0 amide bonds. The average Bonchev–Trinajstić information content (AvgIpc) is 2.46. The van der Waals surface area contributed by atoms with Gasteiger partial charge in [-0.2, -0.15) is 8.78 Å². The Morgan fingerprint density at radius 3 is 2.45 bits per heavy atom. The van der Waals surface area contributed by atoms with Gasteiger partial charge in [0, 0.05) is 30.0 Å². The van der Waals surface area contributed by atoms with E-state index in [4.69, 9.17) is 0 Å². The molecule has 1 heterocycles. The molecule has 6 heteroatoms. The average molecular weight is 295 g/mol. The number of anilines is 1. The molecule has 0 radical (unpaired) electrons. The zero-order chi connectivity index (χ0) is 14.5. The lowest BCUT2D eigenvalue weighted by molar-refractivity contribution is 0.252. The maximum Gasteiger partial charge on any atom is 0.288 e. The number of nitrogens with zero attached hydrogens (tertiary/aromatic N) is 2. The van der Waals surface area contributed by atoms with Gasteiger partial charge in [-0.15, -0.1) is 0 Å². The van der Waals surface area contributed by atoms with E-state index >= 15 is 0 Å². The molecular weight excluding hydrogens is 280 g/mol. The maximum absolute atomic E-state index is 12.3. The number of halogens is 2. The van der Waals surface area contributed by atoms with Crippen LogP contribution in [-0.4, -0.2) is 22.8 Å². The van der Waals surface area contributed by atoms with Crippen LogP contribution in [0.5, 0.6) is 0 Å². The number of thioether (sulfide) groups is 1. The normalized spacial score (nSPS) is 10.8. The van der Waals surface area contributed by atoms with E-state index in [-0.39, 0.29) is 0 Å². The molecule has 0 aliphatic heterocycles. The summed E-state index contributed by atoms with van der Waals surface area (Å²) < 4.78 is 24.6. The fourth-order valence-electron chi connectivity index (χ4n) is 1.74. The van der Waals surface area contributed by atoms with Gasteiger partial charge < -0.3 is 5.32 Å². The van der Waals surface area contributed by atoms with Gasteiger partial charge in [-0.1, -0.05) is 30.8 Å². The fraction of sp³-hybridized carbons (Fsp3) is 0.286. The van der Waals surface area contributed by atoms with E-state index in [1.165, 1.54) is 0 Å². The molecule has 0 spiro atoms. The number of rotatable bonds is 5. The zero-order valence-corrected chi connectivity index (χ0v) is 12.0. The quantitative estimate of drug-likeness (QED) is 0.844. The van der Waals surface area contributed by atoms with Crippen molar-refractivity contribution >= 4 is 17.6 Å². The summed E-state index contributed by atoms with van der Waals surface area (Å²) in [5.74, 6) is -0.904. The summed E-state index contributed by atoms with van der Waals surface area (Å²) in [6.45, 7) is 1.99. The SMILES string of the molecule is CCc1nc(NC)cc(-c2ccc(SC(F)F)cc2)n1. The Morgan fingerprint density at radius 2 is 1.90 bits per heavy atom. The smallest absolute Gasteiger partial charge is 0.288 e. The van der Waals surface area contributed by atoms with Crippen LogP contribution in [0.15, 0.2) is 35.2 Å². The zero-order valence-electron chi connectivity index (χ0n) is 11.2. The molecule has 1 aromatic heterocycles. The summed E-state index contributed by atoms with van der Waals surface area (Å²) in [5, 5.41) is 2.99. The van der Waals surface area contributed by atoms with Gasteiger partial charge in [0.25, 0.3) is 5.76 Å². The van der Waals surface area contributed by atoms with Crippen LogP contribution < -0.4 is 5.32 Å². The van der Waals surface area contributed by atoms with Crippen LogP contribution in [0.4, 0.5) is 14.6 Å². The Hall–Kier alpha value is -1.69. The summed E-state index contributed by atoms with van der Waals surface area (Å²) in [6, 6.07) is 8.80. The monoisotopic (exact) mass is 295 g/mol. The highest BCUT2D eigenvalue weighted by Crippen LogP contribution is 2.28. The number of hydrogen-bond donors (Lipinski definition) is 1. The Morgan fingerprint density at radius 1 is 1.20 bits per heavy atom. The Kier molecular flexibility index (Phi) is 4.89. The first kappa shape index (κ1) is 14.7. The number of benzene rings is 1. The highest BCUT2D eigenvalue weighted by molar-refractivity contribution is 7.99. The summed E-state index contributed by atoms with van der Waals surface area (Å²) in [7, 11) is 1.80. The molecular formula is C14H15F2N3S. The largest absolute Gasteiger partial charge is 0.373 e. The summed E-state index contributed by atoms with van der Waals surface area (Å²) >= 11 is 0.539. The van der Waals surface area contributed by atoms with E-state index in [1.807, 2.05) is 13.0 Å². The van der Waals surface area contributed by atoms with Gasteiger partial charge >= 0.3 is 0 Å². The molecule has 0 fully saturated rings. The number of aromatic nitrogens is 2. The van der Waals surface area contributed by atoms with Crippen LogP contribution in [0, 0.1) is 0 Å². The van der Waals surface area contributed by atoms with Gasteiger partial charge in [0.2, 0.25) is 0 Å². The number of nitrogens with one attached hydrogen (secondary N) is 1. The van der Waals surface area contributed by atoms with Crippen molar-refractivity contribution in [1.29, 1.82) is 0 Å². The number of hydrogen-bond acceptors (Lipinski definition) is 4. The van der Waals surface area contributed by atoms with Gasteiger partial charge in [-0.3, -0.25) is 0 Å². The third-order valence-corrected chi connectivity index (χ3v) is 3.44. The predicted octanol–water partition coefficient (Wildman–Crippen LogP) is 4.06. The lowest BCUT2D eigenvalue weighted by atomic mass is 10.1. The molecule has 0 unspecified atom stereocenters. The first-order valence-electron chi connectivity index (χ1n) is 6.23. The van der Waals surface area contributed by atoms with Gasteiger partial charge in [0.15, 0.2) is 0 Å². The molecule has 0 bridgehead atoms. The van der Waals surface area contributed by atoms with Crippen molar-refractivity contribution in [3.63, 3.8) is 0 Å². The van der Waals surface area contributed by atoms with E-state index in [0.29, 0.717) is 16.7 Å². The highest BCUT2D eigenvalue weighted by atomic mass is 32.2. The molecule has 0 saturated heterocycles. The van der Waals surface area contributed by atoms with Crippen LogP contribution in [0.25, 0.3) is 11.3 Å². The van der Waals surface area contributed by atoms with E-state index in [1.54, 1.807) is 31.3 Å².